The van der Waals surface area contributed by atoms with Crippen LogP contribution in [0, 0.1) is 0 Å². The van der Waals surface area contributed by atoms with E-state index in [1.807, 2.05) is 36.4 Å². The van der Waals surface area contributed by atoms with Crippen molar-refractivity contribution < 1.29 is 9.59 Å². The van der Waals surface area contributed by atoms with Crippen LogP contribution in [0.2, 0.25) is 10.0 Å². The predicted octanol–water partition coefficient (Wildman–Crippen LogP) is 3.70. The molecular formula is C19H20Cl2N2O2. The van der Waals surface area contributed by atoms with Crippen molar-refractivity contribution in [2.45, 2.75) is 19.9 Å². The fourth-order valence-electron chi connectivity index (χ4n) is 2.37. The number of carbonyl (C=O) groups is 2. The number of rotatable bonds is 7. The smallest absolute Gasteiger partial charge is 0.239 e. The van der Waals surface area contributed by atoms with Gasteiger partial charge in [-0.15, -0.1) is 0 Å². The van der Waals surface area contributed by atoms with Crippen LogP contribution in [-0.4, -0.2) is 29.8 Å². The normalized spacial score (nSPS) is 10.4. The SMILES string of the molecule is CC(=O)N(CCc1cccc(Cl)c1)CC(=O)NCc1ccccc1Cl. The third-order valence-electron chi connectivity index (χ3n) is 3.77. The zero-order valence-electron chi connectivity index (χ0n) is 14.0. The quantitative estimate of drug-likeness (QED) is 0.798. The number of benzene rings is 2. The van der Waals surface area contributed by atoms with Gasteiger partial charge in [0.25, 0.3) is 0 Å². The fraction of sp³-hybridized carbons (Fsp3) is 0.263. The van der Waals surface area contributed by atoms with E-state index in [0.717, 1.165) is 11.1 Å². The number of hydrogen-bond donors (Lipinski definition) is 1. The Morgan fingerprint density at radius 1 is 1.08 bits per heavy atom. The first-order valence-electron chi connectivity index (χ1n) is 7.96. The summed E-state index contributed by atoms with van der Waals surface area (Å²) in [5.41, 5.74) is 1.86. The summed E-state index contributed by atoms with van der Waals surface area (Å²) < 4.78 is 0. The average molecular weight is 379 g/mol. The molecule has 0 atom stereocenters. The highest BCUT2D eigenvalue weighted by Gasteiger charge is 2.14. The summed E-state index contributed by atoms with van der Waals surface area (Å²) in [5.74, 6) is -0.365. The molecule has 0 aliphatic carbocycles. The lowest BCUT2D eigenvalue weighted by atomic mass is 10.1. The number of carbonyl (C=O) groups excluding carboxylic acids is 2. The molecule has 0 bridgehead atoms. The number of hydrogen-bond acceptors (Lipinski definition) is 2. The first-order chi connectivity index (χ1) is 12.0. The highest BCUT2D eigenvalue weighted by Crippen LogP contribution is 2.14. The van der Waals surface area contributed by atoms with Crippen LogP contribution >= 0.6 is 23.2 Å². The average Bonchev–Trinajstić information content (AvgIpc) is 2.57. The second kappa shape index (κ2) is 9.44. The van der Waals surface area contributed by atoms with E-state index in [4.69, 9.17) is 23.2 Å². The standard InChI is InChI=1S/C19H20Cl2N2O2/c1-14(24)23(10-9-15-5-4-7-17(20)11-15)13-19(25)22-12-16-6-2-3-8-18(16)21/h2-8,11H,9-10,12-13H2,1H3,(H,22,25). The van der Waals surface area contributed by atoms with Gasteiger partial charge in [-0.25, -0.2) is 0 Å². The molecule has 0 saturated carbocycles. The molecule has 0 aliphatic heterocycles. The van der Waals surface area contributed by atoms with Crippen LogP contribution in [0.3, 0.4) is 0 Å². The third-order valence-corrected chi connectivity index (χ3v) is 4.38. The van der Waals surface area contributed by atoms with E-state index in [1.165, 1.54) is 11.8 Å². The first kappa shape index (κ1) is 19.3. The van der Waals surface area contributed by atoms with E-state index in [9.17, 15) is 9.59 Å². The van der Waals surface area contributed by atoms with Crippen molar-refractivity contribution in [2.75, 3.05) is 13.1 Å². The lowest BCUT2D eigenvalue weighted by molar-refractivity contribution is -0.134. The van der Waals surface area contributed by atoms with Crippen molar-refractivity contribution in [3.8, 4) is 0 Å². The second-order valence-corrected chi connectivity index (χ2v) is 6.53. The maximum Gasteiger partial charge on any atom is 0.239 e. The zero-order valence-corrected chi connectivity index (χ0v) is 15.5. The van der Waals surface area contributed by atoms with Crippen LogP contribution in [0.25, 0.3) is 0 Å². The third kappa shape index (κ3) is 6.40. The van der Waals surface area contributed by atoms with Crippen LogP contribution in [-0.2, 0) is 22.6 Å². The van der Waals surface area contributed by atoms with Crippen molar-refractivity contribution in [3.05, 3.63) is 69.7 Å². The molecule has 1 N–H and O–H groups in total. The van der Waals surface area contributed by atoms with Crippen molar-refractivity contribution in [1.82, 2.24) is 10.2 Å². The van der Waals surface area contributed by atoms with E-state index in [0.29, 0.717) is 29.6 Å². The zero-order chi connectivity index (χ0) is 18.2. The Balaban J connectivity index is 1.86. The number of nitrogens with one attached hydrogen (secondary N) is 1. The van der Waals surface area contributed by atoms with Crippen LogP contribution < -0.4 is 5.32 Å². The van der Waals surface area contributed by atoms with Crippen molar-refractivity contribution >= 4 is 35.0 Å². The van der Waals surface area contributed by atoms with Gasteiger partial charge in [-0.3, -0.25) is 9.59 Å². The van der Waals surface area contributed by atoms with Crippen molar-refractivity contribution in [2.24, 2.45) is 0 Å². The monoisotopic (exact) mass is 378 g/mol. The summed E-state index contributed by atoms with van der Waals surface area (Å²) in [5, 5.41) is 4.05. The molecule has 0 radical (unpaired) electrons. The Morgan fingerprint density at radius 3 is 2.52 bits per heavy atom. The topological polar surface area (TPSA) is 49.4 Å². The van der Waals surface area contributed by atoms with Crippen LogP contribution in [0.1, 0.15) is 18.1 Å². The maximum absolute atomic E-state index is 12.1. The molecule has 6 heteroatoms. The summed E-state index contributed by atoms with van der Waals surface area (Å²) in [6.45, 7) is 2.26. The summed E-state index contributed by atoms with van der Waals surface area (Å²) in [7, 11) is 0. The largest absolute Gasteiger partial charge is 0.350 e. The van der Waals surface area contributed by atoms with Crippen LogP contribution in [0.5, 0.6) is 0 Å². The highest BCUT2D eigenvalue weighted by molar-refractivity contribution is 6.31. The molecule has 0 unspecified atom stereocenters. The van der Waals surface area contributed by atoms with Crippen molar-refractivity contribution in [1.29, 1.82) is 0 Å². The lowest BCUT2D eigenvalue weighted by Crippen LogP contribution is -2.40. The second-order valence-electron chi connectivity index (χ2n) is 5.69. The first-order valence-corrected chi connectivity index (χ1v) is 8.71. The molecule has 25 heavy (non-hydrogen) atoms. The van der Waals surface area contributed by atoms with Gasteiger partial charge < -0.3 is 10.2 Å². The molecule has 0 aromatic heterocycles. The predicted molar refractivity (Wildman–Crippen MR) is 101 cm³/mol. The van der Waals surface area contributed by atoms with Gasteiger partial charge in [0.2, 0.25) is 11.8 Å². The van der Waals surface area contributed by atoms with Gasteiger partial charge in [0.1, 0.15) is 0 Å². The molecule has 0 aliphatic rings. The fourth-order valence-corrected chi connectivity index (χ4v) is 2.78. The van der Waals surface area contributed by atoms with Gasteiger partial charge in [-0.1, -0.05) is 53.5 Å². The van der Waals surface area contributed by atoms with E-state index in [2.05, 4.69) is 5.32 Å². The number of amides is 2. The van der Waals surface area contributed by atoms with Gasteiger partial charge in [0, 0.05) is 30.1 Å². The van der Waals surface area contributed by atoms with Gasteiger partial charge >= 0.3 is 0 Å². The van der Waals surface area contributed by atoms with Gasteiger partial charge in [-0.2, -0.15) is 0 Å². The molecule has 4 nitrogen and oxygen atoms in total. The molecule has 2 aromatic carbocycles. The Labute approximate surface area is 157 Å². The van der Waals surface area contributed by atoms with Crippen molar-refractivity contribution in [3.63, 3.8) is 0 Å². The van der Waals surface area contributed by atoms with E-state index >= 15 is 0 Å². The lowest BCUT2D eigenvalue weighted by Gasteiger charge is -2.20. The Kier molecular flexibility index (Phi) is 7.29. The van der Waals surface area contributed by atoms with Gasteiger partial charge in [0.15, 0.2) is 0 Å². The molecule has 2 rings (SSSR count). The van der Waals surface area contributed by atoms with Crippen LogP contribution in [0.15, 0.2) is 48.5 Å². The van der Waals surface area contributed by atoms with E-state index in [1.54, 1.807) is 12.1 Å². The molecule has 0 saturated heterocycles. The Morgan fingerprint density at radius 2 is 1.84 bits per heavy atom. The molecule has 2 aromatic rings. The summed E-state index contributed by atoms with van der Waals surface area (Å²) in [4.78, 5) is 25.5. The van der Waals surface area contributed by atoms with E-state index < -0.39 is 0 Å². The van der Waals surface area contributed by atoms with Gasteiger partial charge in [0.05, 0.1) is 6.54 Å². The number of halogens is 2. The highest BCUT2D eigenvalue weighted by atomic mass is 35.5. The minimum atomic E-state index is -0.221. The molecular weight excluding hydrogens is 359 g/mol. The minimum absolute atomic E-state index is 0.0142. The molecule has 0 heterocycles. The van der Waals surface area contributed by atoms with Gasteiger partial charge in [-0.05, 0) is 35.7 Å². The summed E-state index contributed by atoms with van der Waals surface area (Å²) >= 11 is 12.0. The minimum Gasteiger partial charge on any atom is -0.350 e. The Hall–Kier alpha value is -2.04. The molecule has 0 fully saturated rings. The summed E-state index contributed by atoms with van der Waals surface area (Å²) in [6, 6.07) is 14.8. The Bertz CT molecular complexity index is 750. The summed E-state index contributed by atoms with van der Waals surface area (Å²) in [6.07, 6.45) is 0.637. The number of nitrogens with zero attached hydrogens (tertiary/aromatic N) is 1. The van der Waals surface area contributed by atoms with E-state index in [-0.39, 0.29) is 18.4 Å². The molecule has 2 amide bonds. The maximum atomic E-state index is 12.1. The molecule has 0 spiro atoms. The molecule has 132 valence electrons. The van der Waals surface area contributed by atoms with Crippen LogP contribution in [0.4, 0.5) is 0 Å².